The van der Waals surface area contributed by atoms with Gasteiger partial charge in [-0.05, 0) is 47.9 Å². The molecule has 1 unspecified atom stereocenters. The lowest BCUT2D eigenvalue weighted by atomic mass is 10.1. The van der Waals surface area contributed by atoms with Crippen molar-refractivity contribution < 1.29 is 0 Å². The zero-order chi connectivity index (χ0) is 13.9. The van der Waals surface area contributed by atoms with Crippen molar-refractivity contribution in [1.29, 1.82) is 0 Å². The van der Waals surface area contributed by atoms with Gasteiger partial charge in [-0.25, -0.2) is 0 Å². The number of hydrogen-bond donors (Lipinski definition) is 0. The highest BCUT2D eigenvalue weighted by molar-refractivity contribution is 8.03. The average molecular weight is 301 g/mol. The molecule has 1 aliphatic rings. The Bertz CT molecular complexity index is 598. The van der Waals surface area contributed by atoms with Gasteiger partial charge in [-0.3, -0.25) is 4.98 Å². The Morgan fingerprint density at radius 2 is 2.15 bits per heavy atom. The maximum absolute atomic E-state index is 4.43. The van der Waals surface area contributed by atoms with E-state index in [0.29, 0.717) is 5.25 Å². The second kappa shape index (κ2) is 6.15. The highest BCUT2D eigenvalue weighted by Crippen LogP contribution is 2.48. The molecule has 0 spiro atoms. The molecule has 0 saturated carbocycles. The smallest absolute Gasteiger partial charge is 0.0801 e. The summed E-state index contributed by atoms with van der Waals surface area (Å²) in [6.07, 6.45) is 6.69. The van der Waals surface area contributed by atoms with Gasteiger partial charge in [0.2, 0.25) is 0 Å². The zero-order valence-electron chi connectivity index (χ0n) is 11.9. The van der Waals surface area contributed by atoms with E-state index < -0.39 is 0 Å². The van der Waals surface area contributed by atoms with Crippen LogP contribution in [-0.4, -0.2) is 4.98 Å². The van der Waals surface area contributed by atoms with Crippen LogP contribution in [0, 0.1) is 5.92 Å². The summed E-state index contributed by atoms with van der Waals surface area (Å²) in [7, 11) is 0. The molecule has 0 radical (unpaired) electrons. The van der Waals surface area contributed by atoms with Gasteiger partial charge in [-0.15, -0.1) is 23.1 Å². The van der Waals surface area contributed by atoms with Gasteiger partial charge in [-0.2, -0.15) is 0 Å². The molecule has 0 aromatic carbocycles. The van der Waals surface area contributed by atoms with Crippen molar-refractivity contribution in [3.8, 4) is 10.6 Å². The molecule has 3 rings (SSSR count). The second-order valence-corrected chi connectivity index (χ2v) is 7.97. The van der Waals surface area contributed by atoms with Gasteiger partial charge >= 0.3 is 0 Å². The van der Waals surface area contributed by atoms with Crippen LogP contribution in [0.25, 0.3) is 10.6 Å². The average Bonchev–Trinajstić information content (AvgIpc) is 3.07. The van der Waals surface area contributed by atoms with E-state index in [4.69, 9.17) is 0 Å². The first-order valence-corrected chi connectivity index (χ1v) is 8.79. The van der Waals surface area contributed by atoms with E-state index in [1.165, 1.54) is 22.6 Å². The number of thiophene rings is 1. The first-order chi connectivity index (χ1) is 9.72. The van der Waals surface area contributed by atoms with E-state index >= 15 is 0 Å². The number of aromatic nitrogens is 1. The van der Waals surface area contributed by atoms with Crippen LogP contribution in [0.5, 0.6) is 0 Å². The van der Waals surface area contributed by atoms with E-state index in [1.807, 2.05) is 29.7 Å². The SMILES string of the molecule is CC(C)CC1=CCC(c2ccc(-c3ccccn3)s2)S1. The predicted molar refractivity (Wildman–Crippen MR) is 90.0 cm³/mol. The molecule has 0 fully saturated rings. The van der Waals surface area contributed by atoms with E-state index in [9.17, 15) is 0 Å². The number of allylic oxidation sites excluding steroid dienone is 2. The minimum atomic E-state index is 0.617. The van der Waals surface area contributed by atoms with Gasteiger partial charge in [-0.1, -0.05) is 26.0 Å². The van der Waals surface area contributed by atoms with Gasteiger partial charge in [0, 0.05) is 16.3 Å². The predicted octanol–water partition coefficient (Wildman–Crippen LogP) is 5.92. The monoisotopic (exact) mass is 301 g/mol. The number of hydrogen-bond acceptors (Lipinski definition) is 3. The van der Waals surface area contributed by atoms with Crippen LogP contribution in [0.15, 0.2) is 47.5 Å². The van der Waals surface area contributed by atoms with Crippen LogP contribution in [0.4, 0.5) is 0 Å². The molecule has 2 aromatic rings. The lowest BCUT2D eigenvalue weighted by Crippen LogP contribution is -1.87. The second-order valence-electron chi connectivity index (χ2n) is 5.53. The fraction of sp³-hybridized carbons (Fsp3) is 0.353. The molecular weight excluding hydrogens is 282 g/mol. The van der Waals surface area contributed by atoms with Crippen LogP contribution >= 0.6 is 23.1 Å². The van der Waals surface area contributed by atoms with Crippen LogP contribution in [0.2, 0.25) is 0 Å². The van der Waals surface area contributed by atoms with Crippen molar-refractivity contribution in [3.05, 3.63) is 52.4 Å². The van der Waals surface area contributed by atoms with Crippen molar-refractivity contribution in [2.24, 2.45) is 5.92 Å². The molecule has 0 saturated heterocycles. The molecule has 3 heterocycles. The van der Waals surface area contributed by atoms with E-state index in [2.05, 4.69) is 54.9 Å². The largest absolute Gasteiger partial charge is 0.255 e. The molecule has 0 bridgehead atoms. The summed E-state index contributed by atoms with van der Waals surface area (Å²) < 4.78 is 0. The summed E-state index contributed by atoms with van der Waals surface area (Å²) in [6, 6.07) is 10.6. The van der Waals surface area contributed by atoms with Gasteiger partial charge in [0.15, 0.2) is 0 Å². The molecule has 1 nitrogen and oxygen atoms in total. The molecule has 3 heteroatoms. The normalized spacial score (nSPS) is 18.6. The summed E-state index contributed by atoms with van der Waals surface area (Å²) >= 11 is 3.94. The van der Waals surface area contributed by atoms with Crippen LogP contribution < -0.4 is 0 Å². The van der Waals surface area contributed by atoms with Crippen molar-refractivity contribution in [2.45, 2.75) is 31.9 Å². The van der Waals surface area contributed by atoms with Crippen LogP contribution in [-0.2, 0) is 0 Å². The molecule has 20 heavy (non-hydrogen) atoms. The Morgan fingerprint density at radius 1 is 1.25 bits per heavy atom. The number of rotatable bonds is 4. The van der Waals surface area contributed by atoms with Gasteiger partial charge in [0.1, 0.15) is 0 Å². The van der Waals surface area contributed by atoms with Gasteiger partial charge in [0.05, 0.1) is 10.6 Å². The number of nitrogens with zero attached hydrogens (tertiary/aromatic N) is 1. The highest BCUT2D eigenvalue weighted by atomic mass is 32.2. The fourth-order valence-electron chi connectivity index (χ4n) is 2.40. The summed E-state index contributed by atoms with van der Waals surface area (Å²) in [5.74, 6) is 0.750. The summed E-state index contributed by atoms with van der Waals surface area (Å²) in [5.41, 5.74) is 1.09. The third-order valence-electron chi connectivity index (χ3n) is 3.32. The Balaban J connectivity index is 1.70. The minimum Gasteiger partial charge on any atom is -0.255 e. The molecule has 0 N–H and O–H groups in total. The number of pyridine rings is 1. The summed E-state index contributed by atoms with van der Waals surface area (Å²) in [5, 5.41) is 0.617. The van der Waals surface area contributed by atoms with Crippen LogP contribution in [0.1, 0.15) is 36.8 Å². The third kappa shape index (κ3) is 3.15. The van der Waals surface area contributed by atoms with Gasteiger partial charge in [0.25, 0.3) is 0 Å². The van der Waals surface area contributed by atoms with Crippen molar-refractivity contribution >= 4 is 23.1 Å². The summed E-state index contributed by atoms with van der Waals surface area (Å²) in [4.78, 5) is 8.76. The first kappa shape index (κ1) is 13.9. The molecule has 1 aliphatic heterocycles. The molecule has 2 aromatic heterocycles. The Labute approximate surface area is 129 Å². The molecule has 104 valence electrons. The molecular formula is C17H19NS2. The van der Waals surface area contributed by atoms with Crippen LogP contribution in [0.3, 0.4) is 0 Å². The minimum absolute atomic E-state index is 0.617. The maximum atomic E-state index is 4.43. The number of thioether (sulfide) groups is 1. The molecule has 0 amide bonds. The van der Waals surface area contributed by atoms with E-state index in [1.54, 1.807) is 4.91 Å². The molecule has 0 aliphatic carbocycles. The summed E-state index contributed by atoms with van der Waals surface area (Å²) in [6.45, 7) is 4.58. The Morgan fingerprint density at radius 3 is 2.90 bits per heavy atom. The lowest BCUT2D eigenvalue weighted by Gasteiger charge is -2.09. The zero-order valence-corrected chi connectivity index (χ0v) is 13.5. The van der Waals surface area contributed by atoms with E-state index in [0.717, 1.165) is 11.6 Å². The molecule has 1 atom stereocenters. The van der Waals surface area contributed by atoms with Crippen molar-refractivity contribution in [2.75, 3.05) is 0 Å². The first-order valence-electron chi connectivity index (χ1n) is 7.09. The highest BCUT2D eigenvalue weighted by Gasteiger charge is 2.21. The fourth-order valence-corrected chi connectivity index (χ4v) is 5.04. The topological polar surface area (TPSA) is 12.9 Å². The lowest BCUT2D eigenvalue weighted by molar-refractivity contribution is 0.658. The Kier molecular flexibility index (Phi) is 4.27. The third-order valence-corrected chi connectivity index (χ3v) is 6.06. The maximum Gasteiger partial charge on any atom is 0.0801 e. The van der Waals surface area contributed by atoms with E-state index in [-0.39, 0.29) is 0 Å². The Hall–Kier alpha value is -1.06. The van der Waals surface area contributed by atoms with Crippen molar-refractivity contribution in [1.82, 2.24) is 4.98 Å². The van der Waals surface area contributed by atoms with Crippen molar-refractivity contribution in [3.63, 3.8) is 0 Å². The quantitative estimate of drug-likeness (QED) is 0.695. The standard InChI is InChI=1S/C17H19NS2/c1-12(2)11-13-6-7-16(19-13)17-9-8-15(20-17)14-5-3-4-10-18-14/h3-6,8-10,12,16H,7,11H2,1-2H3. The van der Waals surface area contributed by atoms with Gasteiger partial charge < -0.3 is 0 Å².